The molecular formula is C20H14F6N2O2. The maximum atomic E-state index is 13.6. The number of alkyl halides is 6. The highest BCUT2D eigenvalue weighted by Gasteiger charge is 2.43. The molecule has 0 saturated carbocycles. The third-order valence-electron chi connectivity index (χ3n) is 3.85. The van der Waals surface area contributed by atoms with Crippen molar-refractivity contribution in [2.75, 3.05) is 11.5 Å². The Balaban J connectivity index is 2.16. The fourth-order valence-electron chi connectivity index (χ4n) is 2.60. The Morgan fingerprint density at radius 2 is 1.00 bits per heavy atom. The van der Waals surface area contributed by atoms with Gasteiger partial charge in [-0.3, -0.25) is 0 Å². The van der Waals surface area contributed by atoms with Crippen molar-refractivity contribution >= 4 is 11.4 Å². The van der Waals surface area contributed by atoms with Crippen molar-refractivity contribution in [1.29, 1.82) is 0 Å². The standard InChI is InChI=1S/C20H14F6N2O2/c21-19(22,23)16-9-15(29-13-5-1-3-11(27)7-13)10-17(20(24,25)26)18(16)30-14-6-2-4-12(28)8-14/h1-10H,27-28H2. The SMILES string of the molecule is Nc1cccc(Oc2cc(C(F)(F)F)c(Oc3cccc(N)c3)c(C(F)(F)F)c2)c1. The number of nitrogen functional groups attached to an aromatic ring is 2. The molecule has 4 N–H and O–H groups in total. The van der Waals surface area contributed by atoms with E-state index in [2.05, 4.69) is 0 Å². The largest absolute Gasteiger partial charge is 0.457 e. The summed E-state index contributed by atoms with van der Waals surface area (Å²) in [6.45, 7) is 0. The summed E-state index contributed by atoms with van der Waals surface area (Å²) in [5.41, 5.74) is 8.11. The molecule has 0 bridgehead atoms. The lowest BCUT2D eigenvalue weighted by molar-refractivity contribution is -0.145. The zero-order valence-electron chi connectivity index (χ0n) is 15.0. The Morgan fingerprint density at radius 1 is 0.567 bits per heavy atom. The first-order chi connectivity index (χ1) is 13.9. The lowest BCUT2D eigenvalue weighted by atomic mass is 10.1. The van der Waals surface area contributed by atoms with Crippen LogP contribution in [-0.2, 0) is 12.4 Å². The van der Waals surface area contributed by atoms with Crippen LogP contribution in [0, 0.1) is 0 Å². The van der Waals surface area contributed by atoms with Crippen molar-refractivity contribution in [2.24, 2.45) is 0 Å². The molecule has 158 valence electrons. The highest BCUT2D eigenvalue weighted by Crippen LogP contribution is 2.48. The Morgan fingerprint density at radius 3 is 1.40 bits per heavy atom. The number of hydrogen-bond acceptors (Lipinski definition) is 4. The summed E-state index contributed by atoms with van der Waals surface area (Å²) in [5.74, 6) is -2.39. The van der Waals surface area contributed by atoms with Gasteiger partial charge in [0.15, 0.2) is 5.75 Å². The summed E-state index contributed by atoms with van der Waals surface area (Å²) >= 11 is 0. The molecule has 3 aromatic rings. The second-order valence-corrected chi connectivity index (χ2v) is 6.19. The minimum Gasteiger partial charge on any atom is -0.457 e. The average Bonchev–Trinajstić information content (AvgIpc) is 2.61. The summed E-state index contributed by atoms with van der Waals surface area (Å²) in [6, 6.07) is 11.4. The lowest BCUT2D eigenvalue weighted by Crippen LogP contribution is -2.14. The molecule has 0 aliphatic rings. The number of hydrogen-bond donors (Lipinski definition) is 2. The summed E-state index contributed by atoms with van der Waals surface area (Å²) in [5, 5.41) is 0. The van der Waals surface area contributed by atoms with Gasteiger partial charge in [0.05, 0.1) is 0 Å². The van der Waals surface area contributed by atoms with Gasteiger partial charge in [0.25, 0.3) is 0 Å². The van der Waals surface area contributed by atoms with Gasteiger partial charge in [-0.1, -0.05) is 12.1 Å². The summed E-state index contributed by atoms with van der Waals surface area (Å²) < 4.78 is 92.0. The van der Waals surface area contributed by atoms with Gasteiger partial charge < -0.3 is 20.9 Å². The van der Waals surface area contributed by atoms with E-state index in [1.807, 2.05) is 0 Å². The molecule has 3 rings (SSSR count). The number of nitrogens with two attached hydrogens (primary N) is 2. The first kappa shape index (κ1) is 21.2. The zero-order valence-corrected chi connectivity index (χ0v) is 15.0. The van der Waals surface area contributed by atoms with Crippen molar-refractivity contribution in [1.82, 2.24) is 0 Å². The molecule has 0 heterocycles. The first-order valence-corrected chi connectivity index (χ1v) is 8.33. The highest BCUT2D eigenvalue weighted by molar-refractivity contribution is 5.54. The van der Waals surface area contributed by atoms with E-state index in [4.69, 9.17) is 20.9 Å². The average molecular weight is 428 g/mol. The van der Waals surface area contributed by atoms with E-state index in [0.717, 1.165) is 6.07 Å². The summed E-state index contributed by atoms with van der Waals surface area (Å²) in [7, 11) is 0. The molecule has 4 nitrogen and oxygen atoms in total. The molecule has 0 radical (unpaired) electrons. The number of ether oxygens (including phenoxy) is 2. The first-order valence-electron chi connectivity index (χ1n) is 8.33. The monoisotopic (exact) mass is 428 g/mol. The van der Waals surface area contributed by atoms with Crippen LogP contribution >= 0.6 is 0 Å². The van der Waals surface area contributed by atoms with Crippen molar-refractivity contribution in [2.45, 2.75) is 12.4 Å². The Kier molecular flexibility index (Phi) is 5.43. The minimum atomic E-state index is -5.16. The van der Waals surface area contributed by atoms with Crippen molar-refractivity contribution in [3.63, 3.8) is 0 Å². The second kappa shape index (κ2) is 7.69. The van der Waals surface area contributed by atoms with E-state index in [0.29, 0.717) is 12.1 Å². The maximum Gasteiger partial charge on any atom is 0.420 e. The van der Waals surface area contributed by atoms with Gasteiger partial charge in [0.2, 0.25) is 0 Å². The molecule has 10 heteroatoms. The number of benzene rings is 3. The quantitative estimate of drug-likeness (QED) is 0.369. The fourth-order valence-corrected chi connectivity index (χ4v) is 2.60. The molecular weight excluding hydrogens is 414 g/mol. The van der Waals surface area contributed by atoms with Gasteiger partial charge in [-0.25, -0.2) is 0 Å². The van der Waals surface area contributed by atoms with Crippen LogP contribution in [0.5, 0.6) is 23.0 Å². The van der Waals surface area contributed by atoms with E-state index in [9.17, 15) is 26.3 Å². The van der Waals surface area contributed by atoms with Crippen molar-refractivity contribution < 1.29 is 35.8 Å². The van der Waals surface area contributed by atoms with E-state index < -0.39 is 35.0 Å². The molecule has 30 heavy (non-hydrogen) atoms. The fraction of sp³-hybridized carbons (Fsp3) is 0.100. The third kappa shape index (κ3) is 4.88. The predicted octanol–water partition coefficient (Wildman–Crippen LogP) is 6.47. The van der Waals surface area contributed by atoms with Crippen molar-refractivity contribution in [3.8, 4) is 23.0 Å². The molecule has 0 fully saturated rings. The number of anilines is 2. The van der Waals surface area contributed by atoms with Gasteiger partial charge in [0, 0.05) is 23.5 Å². The molecule has 0 atom stereocenters. The topological polar surface area (TPSA) is 70.5 Å². The van der Waals surface area contributed by atoms with Crippen LogP contribution in [0.4, 0.5) is 37.7 Å². The molecule has 0 amide bonds. The Bertz CT molecular complexity index is 1030. The summed E-state index contributed by atoms with van der Waals surface area (Å²) in [4.78, 5) is 0. The number of rotatable bonds is 4. The highest BCUT2D eigenvalue weighted by atomic mass is 19.4. The Hall–Kier alpha value is -3.56. The van der Waals surface area contributed by atoms with Crippen LogP contribution in [0.15, 0.2) is 60.7 Å². The van der Waals surface area contributed by atoms with Crippen LogP contribution in [0.3, 0.4) is 0 Å². The van der Waals surface area contributed by atoms with E-state index in [1.165, 1.54) is 42.5 Å². The van der Waals surface area contributed by atoms with Crippen LogP contribution in [0.2, 0.25) is 0 Å². The van der Waals surface area contributed by atoms with Crippen molar-refractivity contribution in [3.05, 3.63) is 71.8 Å². The Labute approximate surface area is 166 Å². The van der Waals surface area contributed by atoms with E-state index in [1.54, 1.807) is 0 Å². The molecule has 0 spiro atoms. The van der Waals surface area contributed by atoms with Crippen LogP contribution < -0.4 is 20.9 Å². The molecule has 3 aromatic carbocycles. The normalized spacial score (nSPS) is 11.9. The molecule has 0 aliphatic carbocycles. The van der Waals surface area contributed by atoms with Gasteiger partial charge >= 0.3 is 12.4 Å². The second-order valence-electron chi connectivity index (χ2n) is 6.19. The number of halogens is 6. The molecule has 0 aromatic heterocycles. The third-order valence-corrected chi connectivity index (χ3v) is 3.85. The van der Waals surface area contributed by atoms with Crippen LogP contribution in [0.1, 0.15) is 11.1 Å². The summed E-state index contributed by atoms with van der Waals surface area (Å²) in [6.07, 6.45) is -10.3. The van der Waals surface area contributed by atoms with Crippen LogP contribution in [-0.4, -0.2) is 0 Å². The zero-order chi connectivity index (χ0) is 22.1. The maximum absolute atomic E-state index is 13.6. The smallest absolute Gasteiger partial charge is 0.420 e. The van der Waals surface area contributed by atoms with Gasteiger partial charge in [-0.2, -0.15) is 26.3 Å². The van der Waals surface area contributed by atoms with Crippen LogP contribution in [0.25, 0.3) is 0 Å². The molecule has 0 unspecified atom stereocenters. The van der Waals surface area contributed by atoms with Gasteiger partial charge in [-0.15, -0.1) is 0 Å². The van der Waals surface area contributed by atoms with E-state index >= 15 is 0 Å². The predicted molar refractivity (Wildman–Crippen MR) is 98.3 cm³/mol. The minimum absolute atomic E-state index is 0.0271. The van der Waals surface area contributed by atoms with Gasteiger partial charge in [0.1, 0.15) is 28.4 Å². The van der Waals surface area contributed by atoms with E-state index in [-0.39, 0.29) is 22.9 Å². The molecule has 0 saturated heterocycles. The molecule has 0 aliphatic heterocycles. The van der Waals surface area contributed by atoms with Gasteiger partial charge in [-0.05, 0) is 36.4 Å². The lowest BCUT2D eigenvalue weighted by Gasteiger charge is -2.21.